The van der Waals surface area contributed by atoms with Crippen LogP contribution in [0.2, 0.25) is 0 Å². The highest BCUT2D eigenvalue weighted by Crippen LogP contribution is 2.13. The Bertz CT molecular complexity index is 906. The molecule has 0 fully saturated rings. The Morgan fingerprint density at radius 2 is 1.12 bits per heavy atom. The number of carbonyl (C=O) groups is 3. The minimum Gasteiger partial charge on any atom is -0.477 e. The third kappa shape index (κ3) is 31.3. The summed E-state index contributed by atoms with van der Waals surface area (Å²) in [6.07, 6.45) is 34.9. The molecule has 0 rings (SSSR count). The molecule has 8 nitrogen and oxygen atoms in total. The van der Waals surface area contributed by atoms with Crippen LogP contribution in [0.5, 0.6) is 0 Å². The molecule has 49 heavy (non-hydrogen) atoms. The fraction of sp³-hybridized carbons (Fsp3) is 0.780. The highest BCUT2D eigenvalue weighted by atomic mass is 16.6. The van der Waals surface area contributed by atoms with Crippen molar-refractivity contribution in [1.29, 1.82) is 0 Å². The Kier molecular flexibility index (Phi) is 31.1. The molecule has 0 saturated heterocycles. The van der Waals surface area contributed by atoms with Crippen LogP contribution in [-0.2, 0) is 28.6 Å². The van der Waals surface area contributed by atoms with Gasteiger partial charge in [0.05, 0.1) is 34.4 Å². The average molecular weight is 693 g/mol. The van der Waals surface area contributed by atoms with E-state index in [9.17, 15) is 19.5 Å². The number of hydrogen-bond donors (Lipinski definition) is 1. The SMILES string of the molecule is CCCCC/C=C/C/C=C/CCCCCCCCCC(=O)OC(COCCC(C(=O)O)[N+](C)(C)C)COC(=O)CC/C=C/CCCCCC. The van der Waals surface area contributed by atoms with Gasteiger partial charge in [-0.2, -0.15) is 0 Å². The number of carbonyl (C=O) groups excluding carboxylic acids is 2. The molecule has 0 spiro atoms. The van der Waals surface area contributed by atoms with Crippen LogP contribution >= 0.6 is 0 Å². The Balaban J connectivity index is 4.39. The molecule has 1 N–H and O–H groups in total. The smallest absolute Gasteiger partial charge is 0.362 e. The monoisotopic (exact) mass is 693 g/mol. The fourth-order valence-electron chi connectivity index (χ4n) is 5.43. The van der Waals surface area contributed by atoms with E-state index in [0.29, 0.717) is 19.3 Å². The molecule has 284 valence electrons. The quantitative estimate of drug-likeness (QED) is 0.0310. The van der Waals surface area contributed by atoms with Gasteiger partial charge in [-0.25, -0.2) is 4.79 Å². The Morgan fingerprint density at radius 3 is 1.71 bits per heavy atom. The normalized spacial score (nSPS) is 13.4. The van der Waals surface area contributed by atoms with Crippen molar-refractivity contribution >= 4 is 17.9 Å². The van der Waals surface area contributed by atoms with E-state index in [1.807, 2.05) is 27.2 Å². The molecular formula is C41H74NO7+. The topological polar surface area (TPSA) is 99.1 Å². The number of unbranched alkanes of at least 4 members (excludes halogenated alkanes) is 14. The van der Waals surface area contributed by atoms with Crippen molar-refractivity contribution in [3.05, 3.63) is 36.5 Å². The second-order valence-electron chi connectivity index (χ2n) is 14.2. The number of rotatable bonds is 34. The number of carboxylic acid groups (broad SMARTS) is 1. The summed E-state index contributed by atoms with van der Waals surface area (Å²) in [5.41, 5.74) is 0. The summed E-state index contributed by atoms with van der Waals surface area (Å²) in [7, 11) is 5.50. The first kappa shape index (κ1) is 46.5. The molecular weight excluding hydrogens is 618 g/mol. The molecule has 0 bridgehead atoms. The van der Waals surface area contributed by atoms with Gasteiger partial charge >= 0.3 is 17.9 Å². The summed E-state index contributed by atoms with van der Waals surface area (Å²) in [6, 6.07) is -0.618. The number of aliphatic carboxylic acids is 1. The second-order valence-corrected chi connectivity index (χ2v) is 14.2. The fourth-order valence-corrected chi connectivity index (χ4v) is 5.43. The minimum absolute atomic E-state index is 0.0467. The van der Waals surface area contributed by atoms with Crippen LogP contribution in [0, 0.1) is 0 Å². The molecule has 2 atom stereocenters. The van der Waals surface area contributed by atoms with Gasteiger partial charge in [0.1, 0.15) is 6.61 Å². The number of ether oxygens (including phenoxy) is 3. The number of nitrogens with zero attached hydrogens (tertiary/aromatic N) is 1. The first-order valence-corrected chi connectivity index (χ1v) is 19.5. The van der Waals surface area contributed by atoms with Crippen molar-refractivity contribution in [2.24, 2.45) is 0 Å². The lowest BCUT2D eigenvalue weighted by Gasteiger charge is -2.31. The van der Waals surface area contributed by atoms with Gasteiger partial charge in [0.25, 0.3) is 0 Å². The molecule has 0 amide bonds. The van der Waals surface area contributed by atoms with E-state index >= 15 is 0 Å². The van der Waals surface area contributed by atoms with E-state index < -0.39 is 18.1 Å². The number of hydrogen-bond acceptors (Lipinski definition) is 6. The van der Waals surface area contributed by atoms with Crippen LogP contribution < -0.4 is 0 Å². The minimum atomic E-state index is -0.882. The summed E-state index contributed by atoms with van der Waals surface area (Å²) in [5, 5.41) is 9.57. The first-order valence-electron chi connectivity index (χ1n) is 19.5. The second kappa shape index (κ2) is 32.7. The molecule has 0 aliphatic carbocycles. The van der Waals surface area contributed by atoms with Gasteiger partial charge in [0.15, 0.2) is 12.1 Å². The predicted octanol–water partition coefficient (Wildman–Crippen LogP) is 9.91. The number of esters is 2. The maximum atomic E-state index is 12.6. The lowest BCUT2D eigenvalue weighted by atomic mass is 10.1. The third-order valence-corrected chi connectivity index (χ3v) is 8.53. The summed E-state index contributed by atoms with van der Waals surface area (Å²) in [5.74, 6) is -1.55. The predicted molar refractivity (Wildman–Crippen MR) is 201 cm³/mol. The van der Waals surface area contributed by atoms with Crippen molar-refractivity contribution in [3.63, 3.8) is 0 Å². The third-order valence-electron chi connectivity index (χ3n) is 8.53. The van der Waals surface area contributed by atoms with Gasteiger partial charge in [-0.05, 0) is 57.8 Å². The molecule has 0 aliphatic heterocycles. The van der Waals surface area contributed by atoms with Crippen LogP contribution in [0.4, 0.5) is 0 Å². The summed E-state index contributed by atoms with van der Waals surface area (Å²) >= 11 is 0. The molecule has 0 aromatic heterocycles. The lowest BCUT2D eigenvalue weighted by Crippen LogP contribution is -2.50. The number of allylic oxidation sites excluding steroid dienone is 6. The molecule has 2 unspecified atom stereocenters. The lowest BCUT2D eigenvalue weighted by molar-refractivity contribution is -0.887. The zero-order chi connectivity index (χ0) is 36.4. The standard InChI is InChI=1S/C41H73NO7/c1-6-8-10-12-14-16-17-18-19-20-21-22-23-24-26-28-30-32-40(44)49-37(35-47-34-33-38(41(45)46)42(3,4)5)36-48-39(43)31-29-27-25-15-13-11-9-7-2/h14,16,18-19,25,27,37-38H,6-13,15,17,20-24,26,28-36H2,1-5H3/p+1/b16-14+,19-18+,27-25+. The van der Waals surface area contributed by atoms with Gasteiger partial charge in [-0.3, -0.25) is 9.59 Å². The molecule has 0 heterocycles. The van der Waals surface area contributed by atoms with Crippen molar-refractivity contribution in [3.8, 4) is 0 Å². The Hall–Kier alpha value is -2.45. The number of quaternary nitrogens is 1. The first-order chi connectivity index (χ1) is 23.6. The largest absolute Gasteiger partial charge is 0.477 e. The van der Waals surface area contributed by atoms with Crippen molar-refractivity contribution < 1.29 is 38.2 Å². The van der Waals surface area contributed by atoms with Gasteiger partial charge in [0.2, 0.25) is 0 Å². The van der Waals surface area contributed by atoms with Gasteiger partial charge in [0, 0.05) is 19.3 Å². The molecule has 8 heteroatoms. The Labute approximate surface area is 300 Å². The van der Waals surface area contributed by atoms with E-state index in [0.717, 1.165) is 38.5 Å². The van der Waals surface area contributed by atoms with Gasteiger partial charge < -0.3 is 23.8 Å². The van der Waals surface area contributed by atoms with E-state index in [-0.39, 0.29) is 42.7 Å². The Morgan fingerprint density at radius 1 is 0.612 bits per heavy atom. The highest BCUT2D eigenvalue weighted by molar-refractivity contribution is 5.72. The molecule has 0 saturated carbocycles. The molecule has 0 aromatic rings. The summed E-state index contributed by atoms with van der Waals surface area (Å²) in [6.45, 7) is 4.60. The van der Waals surface area contributed by atoms with E-state index in [2.05, 4.69) is 44.2 Å². The van der Waals surface area contributed by atoms with Crippen LogP contribution in [0.3, 0.4) is 0 Å². The number of carboxylic acids is 1. The zero-order valence-corrected chi connectivity index (χ0v) is 32.1. The van der Waals surface area contributed by atoms with Gasteiger partial charge in [-0.15, -0.1) is 0 Å². The zero-order valence-electron chi connectivity index (χ0n) is 32.1. The molecule has 0 radical (unpaired) electrons. The molecule has 0 aromatic carbocycles. The average Bonchev–Trinajstić information content (AvgIpc) is 3.05. The highest BCUT2D eigenvalue weighted by Gasteiger charge is 2.31. The van der Waals surface area contributed by atoms with E-state index in [4.69, 9.17) is 14.2 Å². The van der Waals surface area contributed by atoms with Crippen molar-refractivity contribution in [2.75, 3.05) is 41.0 Å². The summed E-state index contributed by atoms with van der Waals surface area (Å²) in [4.78, 5) is 36.7. The van der Waals surface area contributed by atoms with Crippen molar-refractivity contribution in [1.82, 2.24) is 0 Å². The summed E-state index contributed by atoms with van der Waals surface area (Å²) < 4.78 is 17.1. The number of likely N-dealkylation sites (N-methyl/N-ethyl adjacent to an activating group) is 1. The van der Waals surface area contributed by atoms with E-state index in [1.165, 1.54) is 77.0 Å². The maximum absolute atomic E-state index is 12.6. The van der Waals surface area contributed by atoms with Crippen LogP contribution in [0.1, 0.15) is 155 Å². The van der Waals surface area contributed by atoms with Crippen molar-refractivity contribution in [2.45, 2.75) is 167 Å². The molecule has 0 aliphatic rings. The van der Waals surface area contributed by atoms with Crippen LogP contribution in [0.25, 0.3) is 0 Å². The van der Waals surface area contributed by atoms with Gasteiger partial charge in [-0.1, -0.05) is 115 Å². The van der Waals surface area contributed by atoms with Crippen LogP contribution in [-0.4, -0.2) is 80.6 Å². The van der Waals surface area contributed by atoms with Crippen LogP contribution in [0.15, 0.2) is 36.5 Å². The maximum Gasteiger partial charge on any atom is 0.362 e. The van der Waals surface area contributed by atoms with E-state index in [1.54, 1.807) is 0 Å².